The summed E-state index contributed by atoms with van der Waals surface area (Å²) in [5, 5.41) is 3.15. The number of amides is 1. The van der Waals surface area contributed by atoms with E-state index in [0.29, 0.717) is 6.42 Å². The first kappa shape index (κ1) is 13.6. The first-order valence-electron chi connectivity index (χ1n) is 3.25. The SMILES string of the molecule is CN1CCNCCC1=O.Cl.Cl. The maximum absolute atomic E-state index is 10.9. The number of carbonyl (C=O) groups excluding carboxylic acids is 1. The van der Waals surface area contributed by atoms with Gasteiger partial charge in [-0.15, -0.1) is 24.8 Å². The monoisotopic (exact) mass is 200 g/mol. The Morgan fingerprint density at radius 3 is 2.64 bits per heavy atom. The Bertz CT molecular complexity index is 121. The summed E-state index contributed by atoms with van der Waals surface area (Å²) < 4.78 is 0. The van der Waals surface area contributed by atoms with E-state index in [1.54, 1.807) is 4.90 Å². The van der Waals surface area contributed by atoms with Gasteiger partial charge in [0, 0.05) is 33.1 Å². The van der Waals surface area contributed by atoms with Gasteiger partial charge in [-0.2, -0.15) is 0 Å². The van der Waals surface area contributed by atoms with Crippen molar-refractivity contribution >= 4 is 30.7 Å². The van der Waals surface area contributed by atoms with Gasteiger partial charge in [0.2, 0.25) is 5.91 Å². The molecule has 1 amide bonds. The topological polar surface area (TPSA) is 32.3 Å². The minimum absolute atomic E-state index is 0. The second-order valence-corrected chi connectivity index (χ2v) is 2.32. The zero-order chi connectivity index (χ0) is 6.69. The summed E-state index contributed by atoms with van der Waals surface area (Å²) in [5.41, 5.74) is 0. The molecule has 0 aromatic rings. The van der Waals surface area contributed by atoms with Gasteiger partial charge in [-0.3, -0.25) is 4.79 Å². The summed E-state index contributed by atoms with van der Waals surface area (Å²) in [6.07, 6.45) is 0.649. The molecule has 68 valence electrons. The predicted octanol–water partition coefficient (Wildman–Crippen LogP) is 0.282. The second kappa shape index (κ2) is 6.70. The van der Waals surface area contributed by atoms with Crippen molar-refractivity contribution in [3.8, 4) is 0 Å². The van der Waals surface area contributed by atoms with E-state index in [0.717, 1.165) is 19.6 Å². The van der Waals surface area contributed by atoms with Gasteiger partial charge in [0.1, 0.15) is 0 Å². The van der Waals surface area contributed by atoms with E-state index < -0.39 is 0 Å². The summed E-state index contributed by atoms with van der Waals surface area (Å²) in [7, 11) is 1.84. The van der Waals surface area contributed by atoms with Gasteiger partial charge in [0.25, 0.3) is 0 Å². The van der Waals surface area contributed by atoms with Crippen molar-refractivity contribution in [3.05, 3.63) is 0 Å². The number of rotatable bonds is 0. The van der Waals surface area contributed by atoms with E-state index in [2.05, 4.69) is 5.32 Å². The Morgan fingerprint density at radius 1 is 1.36 bits per heavy atom. The van der Waals surface area contributed by atoms with E-state index in [1.165, 1.54) is 0 Å². The predicted molar refractivity (Wildman–Crippen MR) is 49.6 cm³/mol. The van der Waals surface area contributed by atoms with Crippen LogP contribution in [0.15, 0.2) is 0 Å². The third-order valence-electron chi connectivity index (χ3n) is 1.57. The number of nitrogens with zero attached hydrogens (tertiary/aromatic N) is 1. The van der Waals surface area contributed by atoms with Crippen LogP contribution in [0.4, 0.5) is 0 Å². The molecule has 0 unspecified atom stereocenters. The van der Waals surface area contributed by atoms with Gasteiger partial charge in [-0.1, -0.05) is 0 Å². The second-order valence-electron chi connectivity index (χ2n) is 2.32. The Labute approximate surface area is 79.3 Å². The third-order valence-corrected chi connectivity index (χ3v) is 1.57. The summed E-state index contributed by atoms with van der Waals surface area (Å²) in [6.45, 7) is 2.62. The lowest BCUT2D eigenvalue weighted by molar-refractivity contribution is -0.129. The van der Waals surface area contributed by atoms with E-state index in [1.807, 2.05) is 7.05 Å². The minimum Gasteiger partial charge on any atom is -0.344 e. The zero-order valence-electron chi connectivity index (χ0n) is 6.50. The van der Waals surface area contributed by atoms with Crippen LogP contribution in [0.5, 0.6) is 0 Å². The summed E-state index contributed by atoms with van der Waals surface area (Å²) in [4.78, 5) is 12.7. The van der Waals surface area contributed by atoms with Crippen LogP contribution in [0.25, 0.3) is 0 Å². The molecule has 1 aliphatic rings. The zero-order valence-corrected chi connectivity index (χ0v) is 8.13. The van der Waals surface area contributed by atoms with Gasteiger partial charge in [0.15, 0.2) is 0 Å². The van der Waals surface area contributed by atoms with Crippen LogP contribution < -0.4 is 5.32 Å². The van der Waals surface area contributed by atoms with Crippen LogP contribution in [-0.4, -0.2) is 37.5 Å². The molecule has 0 aromatic heterocycles. The fraction of sp³-hybridized carbons (Fsp3) is 0.833. The van der Waals surface area contributed by atoms with Gasteiger partial charge >= 0.3 is 0 Å². The van der Waals surface area contributed by atoms with Gasteiger partial charge in [-0.25, -0.2) is 0 Å². The molecule has 0 radical (unpaired) electrons. The molecule has 1 saturated heterocycles. The molecule has 1 fully saturated rings. The number of halogens is 2. The van der Waals surface area contributed by atoms with Crippen molar-refractivity contribution < 1.29 is 4.79 Å². The van der Waals surface area contributed by atoms with Crippen molar-refractivity contribution in [1.29, 1.82) is 0 Å². The van der Waals surface area contributed by atoms with Crippen LogP contribution in [-0.2, 0) is 4.79 Å². The average molecular weight is 201 g/mol. The van der Waals surface area contributed by atoms with E-state index in [9.17, 15) is 4.79 Å². The lowest BCUT2D eigenvalue weighted by Crippen LogP contribution is -2.27. The van der Waals surface area contributed by atoms with E-state index in [-0.39, 0.29) is 30.7 Å². The van der Waals surface area contributed by atoms with Crippen molar-refractivity contribution in [2.75, 3.05) is 26.7 Å². The normalized spacial score (nSPS) is 17.9. The highest BCUT2D eigenvalue weighted by Crippen LogP contribution is 1.91. The van der Waals surface area contributed by atoms with Crippen LogP contribution in [0.1, 0.15) is 6.42 Å². The fourth-order valence-corrected chi connectivity index (χ4v) is 0.883. The number of hydrogen-bond donors (Lipinski definition) is 1. The Balaban J connectivity index is 0. The smallest absolute Gasteiger partial charge is 0.223 e. The molecule has 0 aromatic carbocycles. The molecule has 0 aliphatic carbocycles. The van der Waals surface area contributed by atoms with Crippen LogP contribution in [0.3, 0.4) is 0 Å². The molecule has 0 atom stereocenters. The van der Waals surface area contributed by atoms with E-state index >= 15 is 0 Å². The number of carbonyl (C=O) groups is 1. The van der Waals surface area contributed by atoms with Gasteiger partial charge < -0.3 is 10.2 Å². The molecule has 1 aliphatic heterocycles. The van der Waals surface area contributed by atoms with Crippen molar-refractivity contribution in [2.24, 2.45) is 0 Å². The van der Waals surface area contributed by atoms with Gasteiger partial charge in [0.05, 0.1) is 0 Å². The lowest BCUT2D eigenvalue weighted by atomic mass is 10.4. The van der Waals surface area contributed by atoms with Crippen LogP contribution in [0, 0.1) is 0 Å². The summed E-state index contributed by atoms with van der Waals surface area (Å²) in [5.74, 6) is 0.250. The molecule has 1 rings (SSSR count). The van der Waals surface area contributed by atoms with Crippen LogP contribution in [0.2, 0.25) is 0 Å². The van der Waals surface area contributed by atoms with Crippen molar-refractivity contribution in [3.63, 3.8) is 0 Å². The number of likely N-dealkylation sites (N-methyl/N-ethyl adjacent to an activating group) is 1. The fourth-order valence-electron chi connectivity index (χ4n) is 0.883. The highest BCUT2D eigenvalue weighted by molar-refractivity contribution is 5.85. The summed E-state index contributed by atoms with van der Waals surface area (Å²) >= 11 is 0. The third kappa shape index (κ3) is 4.45. The molecule has 0 bridgehead atoms. The molecule has 1 N–H and O–H groups in total. The summed E-state index contributed by atoms with van der Waals surface area (Å²) in [6, 6.07) is 0. The highest BCUT2D eigenvalue weighted by atomic mass is 35.5. The molecule has 11 heavy (non-hydrogen) atoms. The first-order chi connectivity index (χ1) is 4.30. The molecule has 0 spiro atoms. The Hall–Kier alpha value is 0.01000. The number of hydrogen-bond acceptors (Lipinski definition) is 2. The largest absolute Gasteiger partial charge is 0.344 e. The Kier molecular flexibility index (Phi) is 8.28. The number of nitrogens with one attached hydrogen (secondary N) is 1. The highest BCUT2D eigenvalue weighted by Gasteiger charge is 2.10. The first-order valence-corrected chi connectivity index (χ1v) is 3.25. The van der Waals surface area contributed by atoms with E-state index in [4.69, 9.17) is 0 Å². The lowest BCUT2D eigenvalue weighted by Gasteiger charge is -2.11. The van der Waals surface area contributed by atoms with Crippen molar-refractivity contribution in [1.82, 2.24) is 10.2 Å². The average Bonchev–Trinajstić information content (AvgIpc) is 1.99. The minimum atomic E-state index is 0. The molecular weight excluding hydrogens is 187 g/mol. The molecular formula is C6H14Cl2N2O. The quantitative estimate of drug-likeness (QED) is 0.610. The van der Waals surface area contributed by atoms with Crippen LogP contribution >= 0.6 is 24.8 Å². The maximum atomic E-state index is 10.9. The molecule has 3 nitrogen and oxygen atoms in total. The Morgan fingerprint density at radius 2 is 2.00 bits per heavy atom. The van der Waals surface area contributed by atoms with Crippen molar-refractivity contribution in [2.45, 2.75) is 6.42 Å². The molecule has 0 saturated carbocycles. The van der Waals surface area contributed by atoms with Gasteiger partial charge in [-0.05, 0) is 0 Å². The maximum Gasteiger partial charge on any atom is 0.223 e. The molecule has 5 heteroatoms. The standard InChI is InChI=1S/C6H12N2O.2ClH/c1-8-5-4-7-3-2-6(8)9;;/h7H,2-5H2,1H3;2*1H. The molecule has 1 heterocycles.